The summed E-state index contributed by atoms with van der Waals surface area (Å²) in [6.45, 7) is -26.4. The van der Waals surface area contributed by atoms with Crippen LogP contribution in [0.25, 0.3) is 0 Å². The molecule has 0 heterocycles. The predicted molar refractivity (Wildman–Crippen MR) is 494 cm³/mol. The van der Waals surface area contributed by atoms with E-state index in [1.54, 1.807) is 127 Å². The van der Waals surface area contributed by atoms with Crippen LogP contribution < -0.4 is 28.4 Å². The Morgan fingerprint density at radius 2 is 0.500 bits per heavy atom. The molecule has 6 aliphatic rings. The van der Waals surface area contributed by atoms with Crippen molar-refractivity contribution < 1.29 is 113 Å². The molecule has 120 heavy (non-hydrogen) atoms. The smallest absolute Gasteiger partial charge is 0.118 e. The van der Waals surface area contributed by atoms with Crippen molar-refractivity contribution in [2.75, 3.05) is 166 Å². The number of hydrogen-bond acceptors (Lipinski definition) is 18. The molecule has 0 amide bonds. The van der Waals surface area contributed by atoms with E-state index in [9.17, 15) is 30.6 Å². The molecule has 0 spiro atoms. The summed E-state index contributed by atoms with van der Waals surface area (Å²) >= 11 is 0. The average molecular weight is 1700 g/mol. The van der Waals surface area contributed by atoms with Gasteiger partial charge in [-0.25, -0.2) is 0 Å². The molecule has 6 unspecified atom stereocenters. The Kier molecular flexibility index (Phi) is 23.8. The fourth-order valence-corrected chi connectivity index (χ4v) is 16.3. The molecule has 0 radical (unpaired) electrons. The van der Waals surface area contributed by atoms with Crippen molar-refractivity contribution in [3.8, 4) is 34.5 Å². The minimum atomic E-state index is -3.57. The molecule has 0 saturated heterocycles. The molecule has 18 heteroatoms. The second kappa shape index (κ2) is 50.0. The van der Waals surface area contributed by atoms with Crippen LogP contribution in [-0.2, 0) is 0 Å². The Labute approximate surface area is 781 Å². The molecule has 6 atom stereocenters. The Hall–Kier alpha value is -6.36. The van der Waals surface area contributed by atoms with Gasteiger partial charge in [-0.1, -0.05) is 188 Å². The van der Waals surface area contributed by atoms with Crippen molar-refractivity contribution in [3.63, 3.8) is 0 Å². The van der Waals surface area contributed by atoms with Crippen LogP contribution in [0, 0.1) is 0 Å². The standard InChI is InChI=1S/6C17H27NO2/c6*1-18(2)13-16(17(19)11-5-4-6-12-17)14-7-9-15(20-3)10-8-14/h6*7-10,16,19H,4-6,11-13H2,1-3H3/i4D2,5D2,6D2,11D2,12D2;1D3,2D3,13D2,16D;1D3,13D2,16D;1D3,2D3,16D;13D2,16D;1D3,16D. The fraction of sp³-hybridized carbons (Fsp3) is 0.647. The van der Waals surface area contributed by atoms with Crippen molar-refractivity contribution in [2.45, 2.75) is 261 Å². The quantitative estimate of drug-likeness (QED) is 0.0249. The van der Waals surface area contributed by atoms with Crippen molar-refractivity contribution in [2.24, 2.45) is 0 Å². The highest BCUT2D eigenvalue weighted by molar-refractivity contribution is 5.37. The maximum Gasteiger partial charge on any atom is 0.118 e. The number of benzene rings is 6. The summed E-state index contributed by atoms with van der Waals surface area (Å²) in [5.74, 6) is -7.94. The first kappa shape index (κ1) is 57.3. The highest BCUT2D eigenvalue weighted by Gasteiger charge is 2.45. The minimum Gasteiger partial charge on any atom is -0.497 e. The lowest BCUT2D eigenvalue weighted by atomic mass is 9.72. The predicted octanol–water partition coefficient (Wildman–Crippen LogP) is 18.2. The third-order valence-electron chi connectivity index (χ3n) is 22.7. The highest BCUT2D eigenvalue weighted by Crippen LogP contribution is 2.47. The molecule has 0 aromatic heterocycles. The van der Waals surface area contributed by atoms with E-state index in [2.05, 4.69) is 0 Å². The zero-order valence-corrected chi connectivity index (χ0v) is 72.5. The lowest BCUT2D eigenvalue weighted by Gasteiger charge is -2.40. The highest BCUT2D eigenvalue weighted by atomic mass is 16.5. The van der Waals surface area contributed by atoms with E-state index < -0.39 is 169 Å². The lowest BCUT2D eigenvalue weighted by Crippen LogP contribution is -2.42. The Morgan fingerprint density at radius 3 is 0.742 bits per heavy atom. The summed E-state index contributed by atoms with van der Waals surface area (Å²) in [6, 6.07) is 38.1. The van der Waals surface area contributed by atoms with E-state index in [1.807, 2.05) is 0 Å². The van der Waals surface area contributed by atoms with Gasteiger partial charge in [-0.05, 0) is 267 Å². The number of ether oxygens (including phenoxy) is 6. The number of likely N-dealkylation sites (N-methyl/N-ethyl adjacent to an activating group) is 6. The Morgan fingerprint density at radius 1 is 0.275 bits per heavy atom. The molecular weight excluding hydrogens is 1500 g/mol. The van der Waals surface area contributed by atoms with Crippen LogP contribution in [0.15, 0.2) is 146 Å². The molecular formula is C102H162N6O12. The first-order chi connectivity index (χ1) is 72.5. The third kappa shape index (κ3) is 31.1. The van der Waals surface area contributed by atoms with Gasteiger partial charge in [0, 0.05) is 128 Å². The normalized spacial score (nSPS) is 29.1. The lowest BCUT2D eigenvalue weighted by molar-refractivity contribution is -0.0280. The fourth-order valence-electron chi connectivity index (χ4n) is 16.3. The van der Waals surface area contributed by atoms with Crippen LogP contribution in [0.2, 0.25) is 0 Å². The van der Waals surface area contributed by atoms with Gasteiger partial charge < -0.3 is 88.5 Å². The number of methoxy groups -OCH3 is 6. The molecule has 6 aliphatic carbocycles. The number of hydrogen-bond donors (Lipinski definition) is 6. The summed E-state index contributed by atoms with van der Waals surface area (Å²) in [5.41, 5.74) is -9.17. The van der Waals surface area contributed by atoms with Crippen LogP contribution in [0.4, 0.5) is 0 Å². The SMILES string of the molecule is [2H]C([2H])(N(C)C)C([2H])(c1ccc(OC)cc1)C1(O)CCCCC1.[2H]C([2H])([2H])N(C([2H])([2H])[2H])C([2H])([2H])C([2H])(c1ccc(OC)cc1)C1(O)CCCCC1.[2H]C([2H])([2H])N(C)C([2H])([2H])C([2H])(c1ccc(OC)cc1)C1(O)CCCCC1.[2H]C([2H])([2H])N(C)CC([2H])(c1ccc(OC)cc1)C1(O)CCCCC1.[2H]C([2H])([2H])N(CC([2H])(c1ccc(OC)cc1)C1(O)CCCCC1)C([2H])([2H])[2H].[2H]C1([2H])C([2H])([2H])C([2H])([2H])C(O)(C(CN(C)C)c2ccc(OC)cc2)C([2H])([2H])C1([2H])[2H]. The number of nitrogens with zero attached hydrogens (tertiary/aromatic N) is 6. The molecule has 6 fully saturated rings. The van der Waals surface area contributed by atoms with Gasteiger partial charge in [0.25, 0.3) is 0 Å². The largest absolute Gasteiger partial charge is 0.497 e. The van der Waals surface area contributed by atoms with Gasteiger partial charge >= 0.3 is 0 Å². The monoisotopic (exact) mass is 1700 g/mol. The molecule has 18 nitrogen and oxygen atoms in total. The summed E-state index contributed by atoms with van der Waals surface area (Å²) in [4.78, 5) is 4.80. The topological polar surface area (TPSA) is 196 Å². The van der Waals surface area contributed by atoms with Crippen LogP contribution in [0.3, 0.4) is 0 Å². The van der Waals surface area contributed by atoms with Crippen molar-refractivity contribution in [1.82, 2.24) is 29.4 Å². The number of aliphatic hydroxyl groups is 6. The molecule has 0 bridgehead atoms. The molecule has 12 rings (SSSR count). The van der Waals surface area contributed by atoms with E-state index in [1.165, 1.54) is 111 Å². The minimum absolute atomic E-state index is 0.0220. The third-order valence-corrected chi connectivity index (χ3v) is 22.7. The van der Waals surface area contributed by atoms with Gasteiger partial charge in [0.05, 0.1) is 76.3 Å². The van der Waals surface area contributed by atoms with E-state index >= 15 is 0 Å². The van der Waals surface area contributed by atoms with Gasteiger partial charge in [0.1, 0.15) is 34.5 Å². The molecule has 6 aromatic rings. The molecule has 6 saturated carbocycles. The van der Waals surface area contributed by atoms with Crippen LogP contribution in [0.5, 0.6) is 34.5 Å². The second-order valence-corrected chi connectivity index (χ2v) is 32.2. The van der Waals surface area contributed by atoms with E-state index in [0.717, 1.165) is 64.8 Å². The molecule has 6 N–H and O–H groups in total. The first-order valence-electron chi connectivity index (χ1n) is 61.1. The zero-order valence-electron chi connectivity index (χ0n) is 112. The van der Waals surface area contributed by atoms with Gasteiger partial charge in [-0.3, -0.25) is 0 Å². The Balaban J connectivity index is 0.000000257. The first-order valence-corrected chi connectivity index (χ1v) is 41.6. The maximum absolute atomic E-state index is 11.7. The summed E-state index contributed by atoms with van der Waals surface area (Å²) in [6.07, 6.45) is -2.76. The molecule has 0 aliphatic heterocycles. The van der Waals surface area contributed by atoms with Crippen LogP contribution in [-0.4, -0.2) is 260 Å². The average Bonchev–Trinajstić information content (AvgIpc) is 0.652. The number of rotatable bonds is 30. The maximum atomic E-state index is 11.7. The molecule has 672 valence electrons. The zero-order chi connectivity index (χ0) is 121. The van der Waals surface area contributed by atoms with Gasteiger partial charge in [0.15, 0.2) is 0 Å². The van der Waals surface area contributed by atoms with Crippen molar-refractivity contribution in [3.05, 3.63) is 179 Å². The molecule has 6 aromatic carbocycles. The second-order valence-electron chi connectivity index (χ2n) is 32.2. The summed E-state index contributed by atoms with van der Waals surface area (Å²) in [7, 11) is 18.0. The van der Waals surface area contributed by atoms with E-state index in [4.69, 9.17) is 81.9 Å². The van der Waals surface area contributed by atoms with Gasteiger partial charge in [-0.2, -0.15) is 0 Å². The summed E-state index contributed by atoms with van der Waals surface area (Å²) in [5, 5.41) is 68.3. The van der Waals surface area contributed by atoms with E-state index in [-0.39, 0.29) is 60.4 Å². The van der Waals surface area contributed by atoms with Gasteiger partial charge in [-0.15, -0.1) is 0 Å². The van der Waals surface area contributed by atoms with Crippen molar-refractivity contribution >= 4 is 0 Å². The van der Waals surface area contributed by atoms with Crippen molar-refractivity contribution in [1.29, 1.82) is 0 Å². The van der Waals surface area contributed by atoms with Gasteiger partial charge in [0.2, 0.25) is 0 Å². The Bertz CT molecular complexity index is 5450. The van der Waals surface area contributed by atoms with Crippen LogP contribution >= 0.6 is 0 Å². The van der Waals surface area contributed by atoms with E-state index in [0.29, 0.717) is 138 Å². The summed E-state index contributed by atoms with van der Waals surface area (Å²) < 4.78 is 348. The van der Waals surface area contributed by atoms with Crippen LogP contribution in [0.1, 0.15) is 315 Å².